The number of phenols is 2. The van der Waals surface area contributed by atoms with Gasteiger partial charge < -0.3 is 15.5 Å². The van der Waals surface area contributed by atoms with Crippen molar-refractivity contribution in [2.24, 2.45) is 0 Å². The van der Waals surface area contributed by atoms with Gasteiger partial charge in [0.15, 0.2) is 11.5 Å². The van der Waals surface area contributed by atoms with E-state index in [-0.39, 0.29) is 23.8 Å². The number of halogens is 1. The van der Waals surface area contributed by atoms with Crippen molar-refractivity contribution in [3.8, 4) is 11.5 Å². The molecule has 3 N–H and O–H groups in total. The number of rotatable bonds is 3. The number of hydrogen-bond acceptors (Lipinski definition) is 3. The number of amides is 1. The van der Waals surface area contributed by atoms with Crippen molar-refractivity contribution < 1.29 is 15.0 Å². The first kappa shape index (κ1) is 14.4. The van der Waals surface area contributed by atoms with Crippen molar-refractivity contribution in [2.45, 2.75) is 13.3 Å². The predicted molar refractivity (Wildman–Crippen MR) is 81.0 cm³/mol. The molecule has 0 spiro atoms. The Balaban J connectivity index is 2.07. The van der Waals surface area contributed by atoms with Crippen LogP contribution in [0, 0.1) is 6.92 Å². The highest BCUT2D eigenvalue weighted by molar-refractivity contribution is 9.10. The molecule has 0 saturated heterocycles. The molecule has 0 heterocycles. The zero-order chi connectivity index (χ0) is 14.7. The topological polar surface area (TPSA) is 69.6 Å². The SMILES string of the molecule is Cc1cc(Br)ccc1NC(=O)Cc1ccc(O)c(O)c1. The van der Waals surface area contributed by atoms with Crippen LogP contribution in [0.5, 0.6) is 11.5 Å². The van der Waals surface area contributed by atoms with Crippen molar-refractivity contribution in [3.05, 3.63) is 52.0 Å². The lowest BCUT2D eigenvalue weighted by Crippen LogP contribution is -2.15. The highest BCUT2D eigenvalue weighted by atomic mass is 79.9. The molecule has 5 heteroatoms. The van der Waals surface area contributed by atoms with Crippen molar-refractivity contribution in [1.82, 2.24) is 0 Å². The molecule has 0 aliphatic heterocycles. The van der Waals surface area contributed by atoms with Crippen LogP contribution in [0.1, 0.15) is 11.1 Å². The molecule has 1 amide bonds. The van der Waals surface area contributed by atoms with Crippen molar-refractivity contribution in [3.63, 3.8) is 0 Å². The van der Waals surface area contributed by atoms with Gasteiger partial charge in [-0.1, -0.05) is 22.0 Å². The van der Waals surface area contributed by atoms with E-state index in [0.29, 0.717) is 5.56 Å². The number of carbonyl (C=O) groups is 1. The van der Waals surface area contributed by atoms with Crippen molar-refractivity contribution >= 4 is 27.5 Å². The standard InChI is InChI=1S/C15H14BrNO3/c1-9-6-11(16)3-4-12(9)17-15(20)8-10-2-5-13(18)14(19)7-10/h2-7,18-19H,8H2,1H3,(H,17,20). The molecule has 0 unspecified atom stereocenters. The van der Waals surface area contributed by atoms with Gasteiger partial charge in [0.05, 0.1) is 6.42 Å². The molecule has 2 aromatic rings. The van der Waals surface area contributed by atoms with Gasteiger partial charge >= 0.3 is 0 Å². The van der Waals surface area contributed by atoms with Crippen LogP contribution in [-0.4, -0.2) is 16.1 Å². The number of benzene rings is 2. The molecule has 0 bridgehead atoms. The van der Waals surface area contributed by atoms with E-state index in [9.17, 15) is 15.0 Å². The van der Waals surface area contributed by atoms with E-state index in [1.807, 2.05) is 25.1 Å². The van der Waals surface area contributed by atoms with Gasteiger partial charge in [-0.25, -0.2) is 0 Å². The molecule has 20 heavy (non-hydrogen) atoms. The third kappa shape index (κ3) is 3.51. The van der Waals surface area contributed by atoms with Crippen LogP contribution >= 0.6 is 15.9 Å². The van der Waals surface area contributed by atoms with Gasteiger partial charge in [-0.05, 0) is 48.4 Å². The number of aryl methyl sites for hydroxylation is 1. The first-order valence-electron chi connectivity index (χ1n) is 6.02. The monoisotopic (exact) mass is 335 g/mol. The van der Waals surface area contributed by atoms with Gasteiger partial charge in [0, 0.05) is 10.2 Å². The van der Waals surface area contributed by atoms with E-state index in [1.165, 1.54) is 12.1 Å². The van der Waals surface area contributed by atoms with Crippen LogP contribution in [0.3, 0.4) is 0 Å². The molecule has 4 nitrogen and oxygen atoms in total. The van der Waals surface area contributed by atoms with E-state index >= 15 is 0 Å². The van der Waals surface area contributed by atoms with Gasteiger partial charge in [0.25, 0.3) is 0 Å². The Morgan fingerprint density at radius 1 is 1.15 bits per heavy atom. The summed E-state index contributed by atoms with van der Waals surface area (Å²) in [5, 5.41) is 21.4. The molecular weight excluding hydrogens is 322 g/mol. The molecule has 0 radical (unpaired) electrons. The van der Waals surface area contributed by atoms with E-state index in [1.54, 1.807) is 6.07 Å². The summed E-state index contributed by atoms with van der Waals surface area (Å²) in [6.07, 6.45) is 0.128. The van der Waals surface area contributed by atoms with Gasteiger partial charge in [0.2, 0.25) is 5.91 Å². The number of hydrogen-bond donors (Lipinski definition) is 3. The molecule has 0 saturated carbocycles. The summed E-state index contributed by atoms with van der Waals surface area (Å²) in [5.74, 6) is -0.603. The molecule has 104 valence electrons. The van der Waals surface area contributed by atoms with Crippen LogP contribution in [0.4, 0.5) is 5.69 Å². The lowest BCUT2D eigenvalue weighted by Gasteiger charge is -2.09. The fourth-order valence-electron chi connectivity index (χ4n) is 1.83. The Kier molecular flexibility index (Phi) is 4.29. The van der Waals surface area contributed by atoms with E-state index in [4.69, 9.17) is 0 Å². The van der Waals surface area contributed by atoms with Crippen molar-refractivity contribution in [1.29, 1.82) is 0 Å². The van der Waals surface area contributed by atoms with E-state index in [0.717, 1.165) is 15.7 Å². The minimum atomic E-state index is -0.227. The molecule has 0 fully saturated rings. The lowest BCUT2D eigenvalue weighted by atomic mass is 10.1. The third-order valence-corrected chi connectivity index (χ3v) is 3.36. The molecule has 2 aromatic carbocycles. The predicted octanol–water partition coefficient (Wildman–Crippen LogP) is 3.35. The minimum absolute atomic E-state index is 0.128. The van der Waals surface area contributed by atoms with Crippen LogP contribution in [-0.2, 0) is 11.2 Å². The molecule has 0 atom stereocenters. The highest BCUT2D eigenvalue weighted by Gasteiger charge is 2.08. The first-order chi connectivity index (χ1) is 9.45. The molecule has 0 aliphatic carbocycles. The van der Waals surface area contributed by atoms with E-state index < -0.39 is 0 Å². The average molecular weight is 336 g/mol. The van der Waals surface area contributed by atoms with Crippen molar-refractivity contribution in [2.75, 3.05) is 5.32 Å². The average Bonchev–Trinajstić information content (AvgIpc) is 2.37. The Bertz CT molecular complexity index is 656. The second kappa shape index (κ2) is 5.96. The third-order valence-electron chi connectivity index (χ3n) is 2.87. The van der Waals surface area contributed by atoms with Crippen LogP contribution in [0.25, 0.3) is 0 Å². The summed E-state index contributed by atoms with van der Waals surface area (Å²) >= 11 is 3.37. The Morgan fingerprint density at radius 3 is 2.55 bits per heavy atom. The number of anilines is 1. The number of aromatic hydroxyl groups is 2. The normalized spacial score (nSPS) is 10.3. The smallest absolute Gasteiger partial charge is 0.228 e. The maximum absolute atomic E-state index is 11.9. The van der Waals surface area contributed by atoms with Gasteiger partial charge in [0.1, 0.15) is 0 Å². The quantitative estimate of drug-likeness (QED) is 0.753. The van der Waals surface area contributed by atoms with Gasteiger partial charge in [-0.3, -0.25) is 4.79 Å². The summed E-state index contributed by atoms with van der Waals surface area (Å²) in [6, 6.07) is 9.94. The number of phenolic OH excluding ortho intramolecular Hbond substituents is 2. The Morgan fingerprint density at radius 2 is 1.90 bits per heavy atom. The number of nitrogens with one attached hydrogen (secondary N) is 1. The van der Waals surface area contributed by atoms with Gasteiger partial charge in [-0.2, -0.15) is 0 Å². The first-order valence-corrected chi connectivity index (χ1v) is 6.82. The van der Waals surface area contributed by atoms with Crippen LogP contribution < -0.4 is 5.32 Å². The highest BCUT2D eigenvalue weighted by Crippen LogP contribution is 2.25. The maximum Gasteiger partial charge on any atom is 0.228 e. The summed E-state index contributed by atoms with van der Waals surface area (Å²) in [4.78, 5) is 11.9. The zero-order valence-corrected chi connectivity index (χ0v) is 12.4. The second-order valence-corrected chi connectivity index (χ2v) is 5.42. The summed E-state index contributed by atoms with van der Waals surface area (Å²) < 4.78 is 0.955. The summed E-state index contributed by atoms with van der Waals surface area (Å²) in [5.41, 5.74) is 2.34. The molecular formula is C15H14BrNO3. The molecule has 0 aromatic heterocycles. The fourth-order valence-corrected chi connectivity index (χ4v) is 2.30. The maximum atomic E-state index is 11.9. The largest absolute Gasteiger partial charge is 0.504 e. The minimum Gasteiger partial charge on any atom is -0.504 e. The zero-order valence-electron chi connectivity index (χ0n) is 10.9. The Hall–Kier alpha value is -2.01. The van der Waals surface area contributed by atoms with Crippen LogP contribution in [0.15, 0.2) is 40.9 Å². The lowest BCUT2D eigenvalue weighted by molar-refractivity contribution is -0.115. The number of carbonyl (C=O) groups excluding carboxylic acids is 1. The summed E-state index contributed by atoms with van der Waals surface area (Å²) in [6.45, 7) is 1.91. The van der Waals surface area contributed by atoms with Crippen LogP contribution in [0.2, 0.25) is 0 Å². The summed E-state index contributed by atoms with van der Waals surface area (Å²) in [7, 11) is 0. The molecule has 0 aliphatic rings. The Labute approximate surface area is 125 Å². The fraction of sp³-hybridized carbons (Fsp3) is 0.133. The van der Waals surface area contributed by atoms with E-state index in [2.05, 4.69) is 21.2 Å². The van der Waals surface area contributed by atoms with Gasteiger partial charge in [-0.15, -0.1) is 0 Å². The second-order valence-electron chi connectivity index (χ2n) is 4.51. The molecule has 2 rings (SSSR count).